The van der Waals surface area contributed by atoms with Gasteiger partial charge >= 0.3 is 227 Å². The summed E-state index contributed by atoms with van der Waals surface area (Å²) in [6, 6.07) is 22.8. The van der Waals surface area contributed by atoms with Gasteiger partial charge in [-0.2, -0.15) is 0 Å². The fourth-order valence-corrected chi connectivity index (χ4v) is 8.09. The van der Waals surface area contributed by atoms with Crippen molar-refractivity contribution in [2.24, 2.45) is 11.8 Å². The number of aryl methyl sites for hydroxylation is 1. The molecule has 0 fully saturated rings. The zero-order chi connectivity index (χ0) is 34.1. The van der Waals surface area contributed by atoms with Gasteiger partial charge in [0.15, 0.2) is 0 Å². The quantitative estimate of drug-likeness (QED) is 0.127. The molecule has 0 spiro atoms. The third-order valence-electron chi connectivity index (χ3n) is 7.99. The van der Waals surface area contributed by atoms with Crippen molar-refractivity contribution in [3.05, 3.63) is 95.7 Å². The average molecular weight is 660 g/mol. The summed E-state index contributed by atoms with van der Waals surface area (Å²) in [5, 5.41) is 18.1. The van der Waals surface area contributed by atoms with Crippen LogP contribution in [0, 0.1) is 18.8 Å². The van der Waals surface area contributed by atoms with Crippen LogP contribution in [0.1, 0.15) is 62.2 Å². The third kappa shape index (κ3) is 9.60. The molecule has 0 aliphatic rings. The van der Waals surface area contributed by atoms with E-state index in [1.807, 2.05) is 99.6 Å². The van der Waals surface area contributed by atoms with Gasteiger partial charge < -0.3 is 0 Å². The van der Waals surface area contributed by atoms with Crippen LogP contribution in [-0.2, 0) is 25.3 Å². The van der Waals surface area contributed by atoms with Crippen LogP contribution in [0.4, 0.5) is 0 Å². The monoisotopic (exact) mass is 659 g/mol. The fraction of sp³-hybridized carbons (Fsp3) is 0.351. The molecule has 0 bridgehead atoms. The molecule has 0 saturated carbocycles. The van der Waals surface area contributed by atoms with E-state index >= 15 is 0 Å². The van der Waals surface area contributed by atoms with Gasteiger partial charge in [-0.1, -0.05) is 26.0 Å². The van der Waals surface area contributed by atoms with Crippen LogP contribution in [-0.4, -0.2) is 52.3 Å². The van der Waals surface area contributed by atoms with E-state index in [0.29, 0.717) is 12.1 Å². The minimum absolute atomic E-state index is 0.0200. The van der Waals surface area contributed by atoms with Crippen molar-refractivity contribution < 1.29 is 28.8 Å². The molecule has 4 rings (SSSR count). The van der Waals surface area contributed by atoms with Crippen molar-refractivity contribution >= 4 is 53.2 Å². The molecule has 4 aromatic rings. The second-order valence-corrected chi connectivity index (χ2v) is 15.3. The van der Waals surface area contributed by atoms with E-state index in [2.05, 4.69) is 29.5 Å². The van der Waals surface area contributed by atoms with Gasteiger partial charge in [0.1, 0.15) is 0 Å². The number of benzene rings is 3. The number of aliphatic carboxylic acids is 1. The third-order valence-corrected chi connectivity index (χ3v) is 10.5. The molecule has 0 saturated heterocycles. The summed E-state index contributed by atoms with van der Waals surface area (Å²) in [5.74, 6) is -2.53. The molecule has 47 heavy (non-hydrogen) atoms. The molecule has 1 unspecified atom stereocenters. The van der Waals surface area contributed by atoms with Crippen LogP contribution in [0.5, 0.6) is 0 Å². The number of fused-ring (bicyclic) bond motifs is 1. The van der Waals surface area contributed by atoms with Crippen LogP contribution >= 0.6 is 8.15 Å². The van der Waals surface area contributed by atoms with E-state index in [9.17, 15) is 24.3 Å². The Kier molecular flexibility index (Phi) is 12.5. The molecule has 2 amide bonds. The van der Waals surface area contributed by atoms with Crippen LogP contribution in [0.2, 0.25) is 0 Å². The first-order valence-electron chi connectivity index (χ1n) is 16.1. The minimum atomic E-state index is -2.29. The van der Waals surface area contributed by atoms with E-state index < -0.39 is 50.2 Å². The van der Waals surface area contributed by atoms with Gasteiger partial charge in [-0.25, -0.2) is 0 Å². The predicted octanol–water partition coefficient (Wildman–Crippen LogP) is 4.88. The number of H-pyrrole nitrogens is 1. The van der Waals surface area contributed by atoms with Crippen molar-refractivity contribution in [1.82, 2.24) is 15.6 Å². The Hall–Kier alpha value is -4.33. The Morgan fingerprint density at radius 2 is 1.43 bits per heavy atom. The molecule has 1 heterocycles. The Bertz CT molecular complexity index is 1650. The van der Waals surface area contributed by atoms with Crippen molar-refractivity contribution in [3.8, 4) is 0 Å². The summed E-state index contributed by atoms with van der Waals surface area (Å²) in [5.41, 5.74) is 3.18. The smallest absolute Gasteiger partial charge is 0.0625 e. The van der Waals surface area contributed by atoms with Gasteiger partial charge in [-0.3, -0.25) is 0 Å². The Labute approximate surface area is 277 Å². The second-order valence-electron chi connectivity index (χ2n) is 12.9. The summed E-state index contributed by atoms with van der Waals surface area (Å²) >= 11 is 0. The number of carboxylic acids is 1. The number of carbonyl (C=O) groups excluding carboxylic acids is 3. The van der Waals surface area contributed by atoms with Crippen molar-refractivity contribution in [1.29, 1.82) is 0 Å². The molecule has 250 valence electrons. The summed E-state index contributed by atoms with van der Waals surface area (Å²) in [6.45, 7) is 9.66. The van der Waals surface area contributed by atoms with Gasteiger partial charge in [0.25, 0.3) is 0 Å². The van der Waals surface area contributed by atoms with Crippen LogP contribution in [0.3, 0.4) is 0 Å². The molecule has 10 heteroatoms. The number of ketones is 1. The summed E-state index contributed by atoms with van der Waals surface area (Å²) in [6.07, 6.45) is 0.344. The van der Waals surface area contributed by atoms with Gasteiger partial charge in [0.05, 0.1) is 0 Å². The molecule has 0 aliphatic heterocycles. The number of hydrogen-bond acceptors (Lipinski definition) is 5. The molecule has 4 N–H and O–H groups in total. The topological polar surface area (TPSA) is 138 Å². The molecule has 9 nitrogen and oxygen atoms in total. The maximum atomic E-state index is 13.8. The van der Waals surface area contributed by atoms with Crippen LogP contribution in [0.15, 0.2) is 78.9 Å². The first-order chi connectivity index (χ1) is 22.4. The molecule has 0 aliphatic carbocycles. The first-order valence-corrected chi connectivity index (χ1v) is 17.7. The van der Waals surface area contributed by atoms with E-state index in [1.165, 1.54) is 0 Å². The zero-order valence-corrected chi connectivity index (χ0v) is 28.9. The number of aromatic nitrogens is 1. The minimum Gasteiger partial charge on any atom is -0.0625 e. The number of rotatable bonds is 16. The van der Waals surface area contributed by atoms with E-state index in [1.54, 1.807) is 0 Å². The number of amides is 2. The fourth-order valence-electron chi connectivity index (χ4n) is 5.85. The molecule has 2 atom stereocenters. The SMILES string of the molecule is Cc1cccc2[nH]c(C(=O)N[C@@H](CC(C)C)C(=O)NC(CC(=O)O)C(=O)CO[PH2](c3ccccc3)c3ccccc3)c(CC(C)C)c12. The number of carbonyl (C=O) groups is 4. The Morgan fingerprint density at radius 1 is 0.809 bits per heavy atom. The van der Waals surface area contributed by atoms with Gasteiger partial charge in [0, 0.05) is 0 Å². The van der Waals surface area contributed by atoms with E-state index in [4.69, 9.17) is 4.52 Å². The Morgan fingerprint density at radius 3 is 1.98 bits per heavy atom. The zero-order valence-electron chi connectivity index (χ0n) is 27.7. The summed E-state index contributed by atoms with van der Waals surface area (Å²) < 4.78 is 6.22. The molecule has 0 radical (unpaired) electrons. The summed E-state index contributed by atoms with van der Waals surface area (Å²) in [4.78, 5) is 56.0. The number of aromatic amines is 1. The van der Waals surface area contributed by atoms with Crippen LogP contribution < -0.4 is 21.2 Å². The molecule has 3 aromatic carbocycles. The Balaban J connectivity index is 1.54. The number of hydrogen-bond donors (Lipinski definition) is 4. The van der Waals surface area contributed by atoms with Gasteiger partial charge in [-0.15, -0.1) is 0 Å². The van der Waals surface area contributed by atoms with Gasteiger partial charge in [0.2, 0.25) is 0 Å². The normalized spacial score (nSPS) is 13.0. The summed E-state index contributed by atoms with van der Waals surface area (Å²) in [7, 11) is -2.29. The van der Waals surface area contributed by atoms with Crippen LogP contribution in [0.25, 0.3) is 10.9 Å². The predicted molar refractivity (Wildman–Crippen MR) is 189 cm³/mol. The van der Waals surface area contributed by atoms with Crippen molar-refractivity contribution in [2.45, 2.75) is 66.0 Å². The average Bonchev–Trinajstić information content (AvgIpc) is 3.40. The van der Waals surface area contributed by atoms with Crippen molar-refractivity contribution in [3.63, 3.8) is 0 Å². The second kappa shape index (κ2) is 16.5. The molecular formula is C37H46N3O6P. The van der Waals surface area contributed by atoms with E-state index in [0.717, 1.165) is 32.6 Å². The number of nitrogens with one attached hydrogen (secondary N) is 3. The van der Waals surface area contributed by atoms with Crippen molar-refractivity contribution in [2.75, 3.05) is 6.61 Å². The first kappa shape index (κ1) is 35.5. The number of Topliss-reactive ketones (excluding diaryl/α,β-unsaturated/α-hetero) is 1. The number of carboxylic acid groups (broad SMARTS) is 1. The van der Waals surface area contributed by atoms with E-state index in [-0.39, 0.29) is 24.9 Å². The maximum absolute atomic E-state index is 13.8. The molecule has 1 aromatic heterocycles. The molecular weight excluding hydrogens is 613 g/mol. The van der Waals surface area contributed by atoms with Gasteiger partial charge in [-0.05, 0) is 24.5 Å². The standard InChI is InChI=1S/C37H46N3O6P/c1-23(2)19-28-34-25(5)13-12-18-29(34)38-35(28)37(45)40-31(20-24(3)4)36(44)39-30(21-33(42)43)32(41)22-46-47(26-14-8-6-9-15-26)27-16-10-7-11-17-27/h6-18,23-24,30-31,38H,19-22,47H2,1-5H3,(H,39,44)(H,40,45)(H,42,43)/t30?,31-/m0/s1.